The van der Waals surface area contributed by atoms with E-state index in [1.54, 1.807) is 30.3 Å². The average molecular weight is 387 g/mol. The van der Waals surface area contributed by atoms with E-state index >= 15 is 0 Å². The Morgan fingerprint density at radius 1 is 1.11 bits per heavy atom. The predicted molar refractivity (Wildman–Crippen MR) is 105 cm³/mol. The summed E-state index contributed by atoms with van der Waals surface area (Å²) in [4.78, 5) is 12.5. The van der Waals surface area contributed by atoms with Crippen molar-refractivity contribution in [2.75, 3.05) is 26.6 Å². The number of carbonyl (C=O) groups is 1. The summed E-state index contributed by atoms with van der Waals surface area (Å²) < 4.78 is 15.8. The number of rotatable bonds is 6. The smallest absolute Gasteiger partial charge is 0.266 e. The fourth-order valence-electron chi connectivity index (χ4n) is 2.46. The number of ether oxygens (including phenoxy) is 3. The third-order valence-electron chi connectivity index (χ3n) is 3.80. The zero-order chi connectivity index (χ0) is 20.0. The number of nitrogens with one attached hydrogen (secondary N) is 1. The van der Waals surface area contributed by atoms with E-state index in [9.17, 15) is 10.1 Å². The van der Waals surface area contributed by atoms with Crippen molar-refractivity contribution in [3.05, 3.63) is 52.1 Å². The van der Waals surface area contributed by atoms with E-state index in [-0.39, 0.29) is 5.57 Å². The molecule has 0 aromatic heterocycles. The van der Waals surface area contributed by atoms with Crippen LogP contribution in [0, 0.1) is 18.3 Å². The average Bonchev–Trinajstić information content (AvgIpc) is 2.67. The van der Waals surface area contributed by atoms with Gasteiger partial charge in [0, 0.05) is 10.7 Å². The minimum absolute atomic E-state index is 0.0707. The first kappa shape index (κ1) is 20.1. The van der Waals surface area contributed by atoms with Gasteiger partial charge in [0.1, 0.15) is 11.6 Å². The molecule has 0 spiro atoms. The lowest BCUT2D eigenvalue weighted by atomic mass is 10.1. The number of benzene rings is 2. The standard InChI is InChI=1S/C20H19ClN2O4/c1-12-7-15(21)5-6-16(12)23-20(24)14(11-22)8-13-9-17(25-2)19(27-4)18(10-13)26-3/h5-10H,1-4H3,(H,23,24)/b14-8+. The van der Waals surface area contributed by atoms with Crippen LogP contribution in [-0.2, 0) is 4.79 Å². The first-order valence-electron chi connectivity index (χ1n) is 7.92. The Hall–Kier alpha value is -3.17. The molecule has 0 saturated carbocycles. The monoisotopic (exact) mass is 386 g/mol. The first-order chi connectivity index (χ1) is 12.9. The van der Waals surface area contributed by atoms with Gasteiger partial charge in [0.2, 0.25) is 5.75 Å². The molecule has 2 aromatic rings. The zero-order valence-electron chi connectivity index (χ0n) is 15.4. The summed E-state index contributed by atoms with van der Waals surface area (Å²) in [5, 5.41) is 12.7. The largest absolute Gasteiger partial charge is 0.493 e. The quantitative estimate of drug-likeness (QED) is 0.593. The van der Waals surface area contributed by atoms with Crippen molar-refractivity contribution in [2.24, 2.45) is 0 Å². The predicted octanol–water partition coefficient (Wildman–Crippen LogP) is 4.22. The normalized spacial score (nSPS) is 10.7. The zero-order valence-corrected chi connectivity index (χ0v) is 16.2. The highest BCUT2D eigenvalue weighted by Crippen LogP contribution is 2.38. The van der Waals surface area contributed by atoms with E-state index in [4.69, 9.17) is 25.8 Å². The molecule has 27 heavy (non-hydrogen) atoms. The van der Waals surface area contributed by atoms with Crippen LogP contribution in [0.2, 0.25) is 5.02 Å². The third kappa shape index (κ3) is 4.72. The van der Waals surface area contributed by atoms with Crippen molar-refractivity contribution in [3.8, 4) is 23.3 Å². The number of anilines is 1. The maximum atomic E-state index is 12.5. The number of hydrogen-bond donors (Lipinski definition) is 1. The van der Waals surface area contributed by atoms with Crippen LogP contribution in [-0.4, -0.2) is 27.2 Å². The topological polar surface area (TPSA) is 80.6 Å². The van der Waals surface area contributed by atoms with Crippen LogP contribution in [0.4, 0.5) is 5.69 Å². The van der Waals surface area contributed by atoms with E-state index in [1.165, 1.54) is 27.4 Å². The molecule has 7 heteroatoms. The molecule has 0 saturated heterocycles. The Balaban J connectivity index is 2.37. The van der Waals surface area contributed by atoms with Crippen LogP contribution < -0.4 is 19.5 Å². The molecule has 0 radical (unpaired) electrons. The lowest BCUT2D eigenvalue weighted by molar-refractivity contribution is -0.112. The third-order valence-corrected chi connectivity index (χ3v) is 4.03. The molecular formula is C20H19ClN2O4. The van der Waals surface area contributed by atoms with E-state index in [0.29, 0.717) is 33.5 Å². The van der Waals surface area contributed by atoms with Gasteiger partial charge in [-0.25, -0.2) is 0 Å². The van der Waals surface area contributed by atoms with Gasteiger partial charge in [0.05, 0.1) is 21.3 Å². The highest BCUT2D eigenvalue weighted by Gasteiger charge is 2.15. The Morgan fingerprint density at radius 2 is 1.74 bits per heavy atom. The van der Waals surface area contributed by atoms with Gasteiger partial charge in [0.25, 0.3) is 5.91 Å². The molecule has 0 heterocycles. The molecule has 0 atom stereocenters. The number of methoxy groups -OCH3 is 3. The highest BCUT2D eigenvalue weighted by molar-refractivity contribution is 6.30. The molecule has 0 fully saturated rings. The summed E-state index contributed by atoms with van der Waals surface area (Å²) in [6, 6.07) is 10.3. The van der Waals surface area contributed by atoms with Crippen LogP contribution in [0.1, 0.15) is 11.1 Å². The fraction of sp³-hybridized carbons (Fsp3) is 0.200. The molecule has 140 valence electrons. The molecule has 0 aliphatic carbocycles. The fourth-order valence-corrected chi connectivity index (χ4v) is 2.68. The minimum atomic E-state index is -0.531. The van der Waals surface area contributed by atoms with Gasteiger partial charge in [0.15, 0.2) is 11.5 Å². The first-order valence-corrected chi connectivity index (χ1v) is 8.30. The summed E-state index contributed by atoms with van der Waals surface area (Å²) in [5.74, 6) is 0.747. The summed E-state index contributed by atoms with van der Waals surface area (Å²) in [6.07, 6.45) is 1.45. The SMILES string of the molecule is COc1cc(/C=C(\C#N)C(=O)Nc2ccc(Cl)cc2C)cc(OC)c1OC. The molecule has 0 aliphatic rings. The molecule has 0 bridgehead atoms. The number of amides is 1. The van der Waals surface area contributed by atoms with Gasteiger partial charge in [-0.15, -0.1) is 0 Å². The van der Waals surface area contributed by atoms with Gasteiger partial charge in [-0.1, -0.05) is 11.6 Å². The van der Waals surface area contributed by atoms with Crippen molar-refractivity contribution in [1.82, 2.24) is 0 Å². The lowest BCUT2D eigenvalue weighted by Gasteiger charge is -2.13. The maximum absolute atomic E-state index is 12.5. The van der Waals surface area contributed by atoms with Crippen LogP contribution in [0.5, 0.6) is 17.2 Å². The second kappa shape index (κ2) is 8.97. The van der Waals surface area contributed by atoms with Crippen molar-refractivity contribution in [2.45, 2.75) is 6.92 Å². The lowest BCUT2D eigenvalue weighted by Crippen LogP contribution is -2.14. The molecular weight excluding hydrogens is 368 g/mol. The highest BCUT2D eigenvalue weighted by atomic mass is 35.5. The Morgan fingerprint density at radius 3 is 2.22 bits per heavy atom. The molecule has 2 aromatic carbocycles. The van der Waals surface area contributed by atoms with Gasteiger partial charge >= 0.3 is 0 Å². The van der Waals surface area contributed by atoms with Gasteiger partial charge in [-0.3, -0.25) is 4.79 Å². The number of halogens is 1. The van der Waals surface area contributed by atoms with Crippen LogP contribution >= 0.6 is 11.6 Å². The summed E-state index contributed by atoms with van der Waals surface area (Å²) in [7, 11) is 4.48. The van der Waals surface area contributed by atoms with Crippen LogP contribution in [0.15, 0.2) is 35.9 Å². The van der Waals surface area contributed by atoms with E-state index in [0.717, 1.165) is 5.56 Å². The van der Waals surface area contributed by atoms with Gasteiger partial charge in [-0.05, 0) is 54.5 Å². The molecule has 1 amide bonds. The molecule has 1 N–H and O–H groups in total. The second-order valence-electron chi connectivity index (χ2n) is 5.54. The molecule has 2 rings (SSSR count). The second-order valence-corrected chi connectivity index (χ2v) is 5.98. The van der Waals surface area contributed by atoms with E-state index < -0.39 is 5.91 Å². The minimum Gasteiger partial charge on any atom is -0.493 e. The number of nitriles is 1. The van der Waals surface area contributed by atoms with Crippen molar-refractivity contribution in [1.29, 1.82) is 5.26 Å². The van der Waals surface area contributed by atoms with E-state index in [2.05, 4.69) is 5.32 Å². The van der Waals surface area contributed by atoms with E-state index in [1.807, 2.05) is 13.0 Å². The number of hydrogen-bond acceptors (Lipinski definition) is 5. The summed E-state index contributed by atoms with van der Waals surface area (Å²) >= 11 is 5.92. The molecule has 0 unspecified atom stereocenters. The Kier molecular flexibility index (Phi) is 6.69. The van der Waals surface area contributed by atoms with Gasteiger partial charge < -0.3 is 19.5 Å². The van der Waals surface area contributed by atoms with Crippen molar-refractivity contribution in [3.63, 3.8) is 0 Å². The summed E-state index contributed by atoms with van der Waals surface area (Å²) in [5.41, 5.74) is 1.86. The van der Waals surface area contributed by atoms with Crippen LogP contribution in [0.3, 0.4) is 0 Å². The molecule has 0 aliphatic heterocycles. The summed E-state index contributed by atoms with van der Waals surface area (Å²) in [6.45, 7) is 1.82. The Bertz CT molecular complexity index is 907. The Labute approximate surface area is 162 Å². The van der Waals surface area contributed by atoms with Gasteiger partial charge in [-0.2, -0.15) is 5.26 Å². The number of nitrogens with zero attached hydrogens (tertiary/aromatic N) is 1. The molecule has 6 nitrogen and oxygen atoms in total. The number of carbonyl (C=O) groups excluding carboxylic acids is 1. The van der Waals surface area contributed by atoms with Crippen molar-refractivity contribution < 1.29 is 19.0 Å². The maximum Gasteiger partial charge on any atom is 0.266 e. The van der Waals surface area contributed by atoms with Crippen molar-refractivity contribution >= 4 is 29.3 Å². The van der Waals surface area contributed by atoms with Crippen LogP contribution in [0.25, 0.3) is 6.08 Å². The number of aryl methyl sites for hydroxylation is 1.